The Morgan fingerprint density at radius 3 is 2.43 bits per heavy atom. The fraction of sp³-hybridized carbons (Fsp3) is 0.0556. The smallest absolute Gasteiger partial charge is 0.352 e. The van der Waals surface area contributed by atoms with Gasteiger partial charge in [0.15, 0.2) is 0 Å². The van der Waals surface area contributed by atoms with Crippen LogP contribution in [0.5, 0.6) is 0 Å². The summed E-state index contributed by atoms with van der Waals surface area (Å²) in [4.78, 5) is 12.0. The molecule has 0 spiro atoms. The maximum absolute atomic E-state index is 12.2. The molecule has 0 N–H and O–H groups in total. The number of benzene rings is 2. The van der Waals surface area contributed by atoms with Gasteiger partial charge in [0.2, 0.25) is 9.84 Å². The first kappa shape index (κ1) is 15.1. The SMILES string of the molecule is Cc1ccc(S(=O)(=O)C#Cc2cc3ccccc3oc2=O)cc1. The van der Waals surface area contributed by atoms with Gasteiger partial charge in [0.1, 0.15) is 11.1 Å². The molecule has 4 nitrogen and oxygen atoms in total. The van der Waals surface area contributed by atoms with Gasteiger partial charge in [-0.05, 0) is 37.1 Å². The highest BCUT2D eigenvalue weighted by Gasteiger charge is 2.10. The van der Waals surface area contributed by atoms with Crippen molar-refractivity contribution in [1.82, 2.24) is 0 Å². The Hall–Kier alpha value is -2.84. The summed E-state index contributed by atoms with van der Waals surface area (Å²) >= 11 is 0. The van der Waals surface area contributed by atoms with Crippen LogP contribution in [0.15, 0.2) is 68.7 Å². The molecule has 5 heteroatoms. The van der Waals surface area contributed by atoms with Crippen LogP contribution in [0.1, 0.15) is 11.1 Å². The number of aryl methyl sites for hydroxylation is 1. The van der Waals surface area contributed by atoms with E-state index in [4.69, 9.17) is 4.42 Å². The molecule has 3 aromatic rings. The van der Waals surface area contributed by atoms with E-state index >= 15 is 0 Å². The molecule has 0 aliphatic heterocycles. The summed E-state index contributed by atoms with van der Waals surface area (Å²) < 4.78 is 29.5. The summed E-state index contributed by atoms with van der Waals surface area (Å²) in [6.07, 6.45) is 0. The molecule has 0 aliphatic carbocycles. The third-order valence-electron chi connectivity index (χ3n) is 3.29. The number of hydrogen-bond donors (Lipinski definition) is 0. The van der Waals surface area contributed by atoms with Gasteiger partial charge in [0, 0.05) is 10.6 Å². The standard InChI is InChI=1S/C18H12O4S/c1-13-6-8-16(9-7-13)23(20,21)11-10-15-12-14-4-2-3-5-17(14)22-18(15)19/h2-9,12H,1H3. The number of rotatable bonds is 1. The van der Waals surface area contributed by atoms with Gasteiger partial charge >= 0.3 is 5.63 Å². The van der Waals surface area contributed by atoms with E-state index in [0.717, 1.165) is 5.56 Å². The van der Waals surface area contributed by atoms with E-state index in [2.05, 4.69) is 11.2 Å². The Kier molecular flexibility index (Phi) is 3.77. The molecule has 2 aromatic carbocycles. The van der Waals surface area contributed by atoms with Gasteiger partial charge in [-0.3, -0.25) is 0 Å². The molecule has 0 radical (unpaired) electrons. The lowest BCUT2D eigenvalue weighted by molar-refractivity contribution is 0.559. The van der Waals surface area contributed by atoms with Gasteiger partial charge < -0.3 is 4.42 Å². The minimum Gasteiger partial charge on any atom is -0.422 e. The Bertz CT molecular complexity index is 1100. The van der Waals surface area contributed by atoms with Crippen molar-refractivity contribution in [2.24, 2.45) is 0 Å². The molecule has 0 saturated carbocycles. The molecule has 0 unspecified atom stereocenters. The molecule has 0 aliphatic rings. The quantitative estimate of drug-likeness (QED) is 0.510. The lowest BCUT2D eigenvalue weighted by atomic mass is 10.2. The van der Waals surface area contributed by atoms with Crippen molar-refractivity contribution in [1.29, 1.82) is 0 Å². The molecule has 0 fully saturated rings. The summed E-state index contributed by atoms with van der Waals surface area (Å²) in [6, 6.07) is 14.9. The summed E-state index contributed by atoms with van der Waals surface area (Å²) in [5.41, 5.74) is 0.742. The number of fused-ring (bicyclic) bond motifs is 1. The van der Waals surface area contributed by atoms with Crippen LogP contribution >= 0.6 is 0 Å². The highest BCUT2D eigenvalue weighted by Crippen LogP contribution is 2.13. The van der Waals surface area contributed by atoms with Crippen LogP contribution in [0.4, 0.5) is 0 Å². The van der Waals surface area contributed by atoms with E-state index in [1.54, 1.807) is 36.4 Å². The van der Waals surface area contributed by atoms with Crippen molar-refractivity contribution in [3.8, 4) is 11.2 Å². The first-order valence-corrected chi connectivity index (χ1v) is 8.31. The summed E-state index contributed by atoms with van der Waals surface area (Å²) in [7, 11) is -3.79. The second kappa shape index (κ2) is 5.75. The molecule has 0 saturated heterocycles. The van der Waals surface area contributed by atoms with Gasteiger partial charge in [-0.1, -0.05) is 35.9 Å². The highest BCUT2D eigenvalue weighted by molar-refractivity contribution is 7.96. The molecule has 1 heterocycles. The zero-order valence-electron chi connectivity index (χ0n) is 12.2. The van der Waals surface area contributed by atoms with Crippen LogP contribution in [0.25, 0.3) is 11.0 Å². The third kappa shape index (κ3) is 3.17. The largest absolute Gasteiger partial charge is 0.422 e. The van der Waals surface area contributed by atoms with Crippen LogP contribution in [-0.4, -0.2) is 8.42 Å². The van der Waals surface area contributed by atoms with Crippen molar-refractivity contribution in [3.63, 3.8) is 0 Å². The molecular weight excluding hydrogens is 312 g/mol. The number of para-hydroxylation sites is 1. The van der Waals surface area contributed by atoms with E-state index < -0.39 is 15.5 Å². The van der Waals surface area contributed by atoms with Crippen molar-refractivity contribution < 1.29 is 12.8 Å². The monoisotopic (exact) mass is 324 g/mol. The van der Waals surface area contributed by atoms with E-state index in [9.17, 15) is 13.2 Å². The van der Waals surface area contributed by atoms with E-state index in [0.29, 0.717) is 11.0 Å². The Morgan fingerprint density at radius 2 is 1.70 bits per heavy atom. The summed E-state index contributed by atoms with van der Waals surface area (Å²) in [5.74, 6) is 2.41. The van der Waals surface area contributed by atoms with Gasteiger partial charge in [0.25, 0.3) is 0 Å². The maximum atomic E-state index is 12.2. The van der Waals surface area contributed by atoms with Gasteiger partial charge in [0.05, 0.1) is 4.90 Å². The molecule has 0 bridgehead atoms. The summed E-state index contributed by atoms with van der Waals surface area (Å²) in [6.45, 7) is 1.86. The van der Waals surface area contributed by atoms with Crippen LogP contribution in [0.3, 0.4) is 0 Å². The first-order chi connectivity index (χ1) is 11.0. The Balaban J connectivity index is 2.06. The normalized spacial score (nSPS) is 11.0. The van der Waals surface area contributed by atoms with E-state index in [1.165, 1.54) is 18.2 Å². The minimum absolute atomic E-state index is 0.0133. The van der Waals surface area contributed by atoms with Crippen molar-refractivity contribution in [3.05, 3.63) is 76.1 Å². The maximum Gasteiger partial charge on any atom is 0.352 e. The molecule has 0 atom stereocenters. The first-order valence-electron chi connectivity index (χ1n) is 6.83. The summed E-state index contributed by atoms with van der Waals surface area (Å²) in [5, 5.41) is 2.86. The lowest BCUT2D eigenvalue weighted by Gasteiger charge is -1.98. The Labute approximate surface area is 133 Å². The van der Waals surface area contributed by atoms with Crippen molar-refractivity contribution in [2.75, 3.05) is 0 Å². The van der Waals surface area contributed by atoms with Gasteiger partial charge in [-0.2, -0.15) is 0 Å². The third-order valence-corrected chi connectivity index (χ3v) is 4.56. The van der Waals surface area contributed by atoms with Crippen LogP contribution in [-0.2, 0) is 9.84 Å². The van der Waals surface area contributed by atoms with E-state index in [-0.39, 0.29) is 10.5 Å². The van der Waals surface area contributed by atoms with Crippen molar-refractivity contribution in [2.45, 2.75) is 11.8 Å². The average Bonchev–Trinajstić information content (AvgIpc) is 2.53. The topological polar surface area (TPSA) is 64.3 Å². The molecule has 3 rings (SSSR count). The average molecular weight is 324 g/mol. The van der Waals surface area contributed by atoms with Crippen molar-refractivity contribution >= 4 is 20.8 Å². The fourth-order valence-electron chi connectivity index (χ4n) is 2.05. The van der Waals surface area contributed by atoms with Gasteiger partial charge in [-0.25, -0.2) is 13.2 Å². The van der Waals surface area contributed by atoms with Crippen LogP contribution in [0, 0.1) is 18.1 Å². The Morgan fingerprint density at radius 1 is 1.00 bits per heavy atom. The molecule has 23 heavy (non-hydrogen) atoms. The van der Waals surface area contributed by atoms with Crippen LogP contribution < -0.4 is 5.63 Å². The number of hydrogen-bond acceptors (Lipinski definition) is 4. The van der Waals surface area contributed by atoms with E-state index in [1.807, 2.05) is 6.92 Å². The van der Waals surface area contributed by atoms with Crippen LogP contribution in [0.2, 0.25) is 0 Å². The number of sulfone groups is 1. The lowest BCUT2D eigenvalue weighted by Crippen LogP contribution is -2.04. The van der Waals surface area contributed by atoms with Gasteiger partial charge in [-0.15, -0.1) is 0 Å². The predicted octanol–water partition coefficient (Wildman–Crippen LogP) is 2.88. The second-order valence-electron chi connectivity index (χ2n) is 5.03. The fourth-order valence-corrected chi connectivity index (χ4v) is 2.90. The second-order valence-corrected chi connectivity index (χ2v) is 6.71. The molecule has 0 amide bonds. The zero-order chi connectivity index (χ0) is 16.4. The zero-order valence-corrected chi connectivity index (χ0v) is 13.1. The highest BCUT2D eigenvalue weighted by atomic mass is 32.2. The molecule has 1 aromatic heterocycles. The molecule has 114 valence electrons. The minimum atomic E-state index is -3.79. The predicted molar refractivity (Wildman–Crippen MR) is 87.7 cm³/mol. The molecular formula is C18H12O4S.